The number of ether oxygens (including phenoxy) is 1. The lowest BCUT2D eigenvalue weighted by atomic mass is 10.2. The Kier molecular flexibility index (Phi) is 5.16. The number of amides is 1. The molecule has 0 aliphatic heterocycles. The molecule has 0 aliphatic carbocycles. The Bertz CT molecular complexity index is 1020. The average molecular weight is 397 g/mol. The van der Waals surface area contributed by atoms with E-state index in [1.807, 2.05) is 0 Å². The summed E-state index contributed by atoms with van der Waals surface area (Å²) in [5.74, 6) is -2.57. The third-order valence-electron chi connectivity index (χ3n) is 3.36. The van der Waals surface area contributed by atoms with Gasteiger partial charge in [-0.25, -0.2) is 9.18 Å². The van der Waals surface area contributed by atoms with Crippen molar-refractivity contribution in [2.45, 2.75) is 12.9 Å². The van der Waals surface area contributed by atoms with Crippen molar-refractivity contribution >= 4 is 11.6 Å². The van der Waals surface area contributed by atoms with Crippen LogP contribution < -0.4 is 15.8 Å². The van der Waals surface area contributed by atoms with Crippen LogP contribution in [0, 0.1) is 5.82 Å². The number of alkyl halides is 3. The molecule has 3 rings (SSSR count). The van der Waals surface area contributed by atoms with E-state index in [1.54, 1.807) is 0 Å². The van der Waals surface area contributed by atoms with E-state index in [0.29, 0.717) is 5.56 Å². The van der Waals surface area contributed by atoms with Gasteiger partial charge in [0.1, 0.15) is 18.1 Å². The van der Waals surface area contributed by atoms with Crippen LogP contribution in [0.4, 0.5) is 23.2 Å². The van der Waals surface area contributed by atoms with E-state index in [9.17, 15) is 27.2 Å². The monoisotopic (exact) mass is 397 g/mol. The molecular weight excluding hydrogens is 386 g/mol. The van der Waals surface area contributed by atoms with Crippen molar-refractivity contribution in [3.05, 3.63) is 64.9 Å². The number of hydrogen-bond donors (Lipinski definition) is 1. The van der Waals surface area contributed by atoms with Gasteiger partial charge in [0.25, 0.3) is 0 Å². The minimum Gasteiger partial charge on any atom is -0.406 e. The molecule has 7 nitrogen and oxygen atoms in total. The first kappa shape index (κ1) is 19.1. The summed E-state index contributed by atoms with van der Waals surface area (Å²) in [4.78, 5) is 23.8. The molecule has 1 aromatic heterocycles. The minimum atomic E-state index is -4.82. The van der Waals surface area contributed by atoms with Crippen molar-refractivity contribution < 1.29 is 31.5 Å². The molecule has 146 valence electrons. The van der Waals surface area contributed by atoms with E-state index < -0.39 is 36.1 Å². The number of benzene rings is 2. The highest BCUT2D eigenvalue weighted by Crippen LogP contribution is 2.24. The molecule has 0 bridgehead atoms. The summed E-state index contributed by atoms with van der Waals surface area (Å²) in [5, 5.41) is 6.25. The van der Waals surface area contributed by atoms with Gasteiger partial charge in [0.15, 0.2) is 0 Å². The van der Waals surface area contributed by atoms with Crippen LogP contribution in [-0.2, 0) is 11.3 Å². The van der Waals surface area contributed by atoms with Crippen molar-refractivity contribution in [1.29, 1.82) is 0 Å². The van der Waals surface area contributed by atoms with Crippen LogP contribution in [0.1, 0.15) is 0 Å². The SMILES string of the molecule is O=C(Cn1nc(-c2ccc(F)cc2)oc1=O)Nc1ccc(OC(F)(F)F)cc1. The number of hydrogen-bond acceptors (Lipinski definition) is 5. The lowest BCUT2D eigenvalue weighted by Gasteiger charge is -2.09. The number of carbonyl (C=O) groups excluding carboxylic acids is 1. The number of anilines is 1. The molecule has 0 aliphatic rings. The molecule has 1 N–H and O–H groups in total. The fraction of sp³-hybridized carbons (Fsp3) is 0.118. The molecule has 2 aromatic carbocycles. The van der Waals surface area contributed by atoms with Gasteiger partial charge in [-0.2, -0.15) is 4.68 Å². The van der Waals surface area contributed by atoms with Gasteiger partial charge in [-0.1, -0.05) is 0 Å². The van der Waals surface area contributed by atoms with E-state index in [2.05, 4.69) is 15.2 Å². The van der Waals surface area contributed by atoms with E-state index in [1.165, 1.54) is 24.3 Å². The first-order valence-electron chi connectivity index (χ1n) is 7.69. The zero-order valence-electron chi connectivity index (χ0n) is 13.9. The lowest BCUT2D eigenvalue weighted by Crippen LogP contribution is -2.25. The molecule has 3 aromatic rings. The first-order valence-corrected chi connectivity index (χ1v) is 7.69. The van der Waals surface area contributed by atoms with Crippen LogP contribution in [0.25, 0.3) is 11.5 Å². The molecular formula is C17H11F4N3O4. The molecule has 1 heterocycles. The standard InChI is InChI=1S/C17H11F4N3O4/c18-11-3-1-10(2-4-11)15-23-24(16(26)27-15)9-14(25)22-12-5-7-13(8-6-12)28-17(19,20)21/h1-8H,9H2,(H,22,25). The average Bonchev–Trinajstić information content (AvgIpc) is 2.96. The van der Waals surface area contributed by atoms with E-state index >= 15 is 0 Å². The van der Waals surface area contributed by atoms with Crippen LogP contribution >= 0.6 is 0 Å². The molecule has 0 unspecified atom stereocenters. The summed E-state index contributed by atoms with van der Waals surface area (Å²) < 4.78 is 58.7. The summed E-state index contributed by atoms with van der Waals surface area (Å²) >= 11 is 0. The Morgan fingerprint density at radius 2 is 1.75 bits per heavy atom. The minimum absolute atomic E-state index is 0.0912. The van der Waals surface area contributed by atoms with Crippen molar-refractivity contribution in [2.24, 2.45) is 0 Å². The topological polar surface area (TPSA) is 86.4 Å². The van der Waals surface area contributed by atoms with Crippen LogP contribution in [0.15, 0.2) is 57.7 Å². The second-order valence-electron chi connectivity index (χ2n) is 5.46. The maximum absolute atomic E-state index is 12.9. The highest BCUT2D eigenvalue weighted by Gasteiger charge is 2.31. The molecule has 0 radical (unpaired) electrons. The third kappa shape index (κ3) is 4.96. The van der Waals surface area contributed by atoms with Gasteiger partial charge in [-0.3, -0.25) is 4.79 Å². The van der Waals surface area contributed by atoms with Gasteiger partial charge >= 0.3 is 12.1 Å². The highest BCUT2D eigenvalue weighted by atomic mass is 19.4. The Morgan fingerprint density at radius 3 is 2.36 bits per heavy atom. The van der Waals surface area contributed by atoms with Gasteiger partial charge < -0.3 is 14.5 Å². The maximum atomic E-state index is 12.9. The summed E-state index contributed by atoms with van der Waals surface area (Å²) in [6.45, 7) is -0.496. The maximum Gasteiger partial charge on any atom is 0.573 e. The molecule has 0 atom stereocenters. The normalized spacial score (nSPS) is 11.3. The van der Waals surface area contributed by atoms with E-state index in [4.69, 9.17) is 4.42 Å². The number of nitrogens with zero attached hydrogens (tertiary/aromatic N) is 2. The van der Waals surface area contributed by atoms with Gasteiger partial charge in [0.05, 0.1) is 0 Å². The highest BCUT2D eigenvalue weighted by molar-refractivity contribution is 5.90. The Hall–Kier alpha value is -3.63. The molecule has 0 fully saturated rings. The lowest BCUT2D eigenvalue weighted by molar-refractivity contribution is -0.274. The fourth-order valence-electron chi connectivity index (χ4n) is 2.19. The molecule has 0 saturated heterocycles. The number of aromatic nitrogens is 2. The second-order valence-corrected chi connectivity index (χ2v) is 5.46. The predicted octanol–water partition coefficient (Wildman–Crippen LogP) is 3.18. The van der Waals surface area contributed by atoms with Crippen LogP contribution in [0.3, 0.4) is 0 Å². The van der Waals surface area contributed by atoms with E-state index in [0.717, 1.165) is 28.9 Å². The zero-order chi connectivity index (χ0) is 20.3. The van der Waals surface area contributed by atoms with Gasteiger partial charge in [-0.05, 0) is 48.5 Å². The van der Waals surface area contributed by atoms with Gasteiger partial charge in [0, 0.05) is 11.3 Å². The molecule has 1 amide bonds. The largest absolute Gasteiger partial charge is 0.573 e. The Morgan fingerprint density at radius 1 is 1.11 bits per heavy atom. The number of nitrogens with one attached hydrogen (secondary N) is 1. The number of carbonyl (C=O) groups is 1. The van der Waals surface area contributed by atoms with Crippen molar-refractivity contribution in [3.8, 4) is 17.2 Å². The van der Waals surface area contributed by atoms with Gasteiger partial charge in [-0.15, -0.1) is 18.3 Å². The summed E-state index contributed by atoms with van der Waals surface area (Å²) in [5.41, 5.74) is 0.535. The van der Waals surface area contributed by atoms with Crippen LogP contribution in [0.2, 0.25) is 0 Å². The van der Waals surface area contributed by atoms with Crippen LogP contribution in [0.5, 0.6) is 5.75 Å². The summed E-state index contributed by atoms with van der Waals surface area (Å²) in [7, 11) is 0. The van der Waals surface area contributed by atoms with Crippen molar-refractivity contribution in [1.82, 2.24) is 9.78 Å². The summed E-state index contributed by atoms with van der Waals surface area (Å²) in [6.07, 6.45) is -4.82. The second kappa shape index (κ2) is 7.55. The van der Waals surface area contributed by atoms with Crippen molar-refractivity contribution in [3.63, 3.8) is 0 Å². The predicted molar refractivity (Wildman–Crippen MR) is 87.9 cm³/mol. The zero-order valence-corrected chi connectivity index (χ0v) is 13.9. The third-order valence-corrected chi connectivity index (χ3v) is 3.36. The molecule has 0 spiro atoms. The van der Waals surface area contributed by atoms with Crippen LogP contribution in [-0.4, -0.2) is 22.1 Å². The smallest absolute Gasteiger partial charge is 0.406 e. The molecule has 0 saturated carbocycles. The van der Waals surface area contributed by atoms with E-state index in [-0.39, 0.29) is 11.6 Å². The number of rotatable bonds is 5. The molecule has 11 heteroatoms. The fourth-order valence-corrected chi connectivity index (χ4v) is 2.19. The Labute approximate surface area is 154 Å². The number of halogens is 4. The quantitative estimate of drug-likeness (QED) is 0.669. The Balaban J connectivity index is 1.65. The van der Waals surface area contributed by atoms with Gasteiger partial charge in [0.2, 0.25) is 11.8 Å². The summed E-state index contributed by atoms with van der Waals surface area (Å²) in [6, 6.07) is 9.49. The van der Waals surface area contributed by atoms with Crippen molar-refractivity contribution in [2.75, 3.05) is 5.32 Å². The first-order chi connectivity index (χ1) is 13.2. The molecule has 28 heavy (non-hydrogen) atoms.